The summed E-state index contributed by atoms with van der Waals surface area (Å²) in [5.41, 5.74) is 2.18. The van der Waals surface area contributed by atoms with Crippen molar-refractivity contribution in [2.24, 2.45) is 5.92 Å². The van der Waals surface area contributed by atoms with Gasteiger partial charge in [0.1, 0.15) is 0 Å². The Morgan fingerprint density at radius 2 is 1.64 bits per heavy atom. The molecule has 0 atom stereocenters. The summed E-state index contributed by atoms with van der Waals surface area (Å²) < 4.78 is 5.80. The van der Waals surface area contributed by atoms with Crippen LogP contribution in [-0.2, 0) is 16.0 Å². The van der Waals surface area contributed by atoms with E-state index < -0.39 is 0 Å². The molecule has 0 N–H and O–H groups in total. The number of amides is 2. The summed E-state index contributed by atoms with van der Waals surface area (Å²) in [6.07, 6.45) is 3.13. The lowest BCUT2D eigenvalue weighted by molar-refractivity contribution is -0.140. The van der Waals surface area contributed by atoms with Gasteiger partial charge in [0.15, 0.2) is 11.7 Å². The van der Waals surface area contributed by atoms with E-state index in [2.05, 4.69) is 4.98 Å². The van der Waals surface area contributed by atoms with Gasteiger partial charge < -0.3 is 14.2 Å². The third-order valence-electron chi connectivity index (χ3n) is 5.01. The van der Waals surface area contributed by atoms with Gasteiger partial charge in [0, 0.05) is 51.0 Å². The molecule has 6 nitrogen and oxygen atoms in total. The number of benzene rings is 1. The Hall–Kier alpha value is -2.63. The first-order chi connectivity index (χ1) is 13.4. The minimum Gasteiger partial charge on any atom is -0.441 e. The van der Waals surface area contributed by atoms with Crippen LogP contribution < -0.4 is 0 Å². The quantitative estimate of drug-likeness (QED) is 0.768. The van der Waals surface area contributed by atoms with E-state index in [1.807, 2.05) is 54.8 Å². The van der Waals surface area contributed by atoms with Gasteiger partial charge in [-0.25, -0.2) is 4.98 Å². The Morgan fingerprint density at radius 1 is 1.04 bits per heavy atom. The van der Waals surface area contributed by atoms with Gasteiger partial charge in [-0.2, -0.15) is 0 Å². The number of hydrogen-bond donors (Lipinski definition) is 0. The molecule has 2 aromatic rings. The predicted octanol–water partition coefficient (Wildman–Crippen LogP) is 3.30. The van der Waals surface area contributed by atoms with Gasteiger partial charge in [-0.1, -0.05) is 43.7 Å². The molecule has 150 valence electrons. The molecular formula is C22H29N3O3. The van der Waals surface area contributed by atoms with E-state index in [1.165, 1.54) is 5.56 Å². The number of aromatic nitrogens is 1. The first kappa shape index (κ1) is 20.1. The molecule has 6 heteroatoms. The monoisotopic (exact) mass is 383 g/mol. The van der Waals surface area contributed by atoms with Crippen LogP contribution in [0.1, 0.15) is 38.1 Å². The van der Waals surface area contributed by atoms with Gasteiger partial charge in [0.05, 0.1) is 6.20 Å². The Kier molecular flexibility index (Phi) is 6.49. The molecule has 0 radical (unpaired) electrons. The highest BCUT2D eigenvalue weighted by molar-refractivity contribution is 5.78. The average molecular weight is 383 g/mol. The highest BCUT2D eigenvalue weighted by Crippen LogP contribution is 2.21. The van der Waals surface area contributed by atoms with Crippen LogP contribution in [0.5, 0.6) is 0 Å². The molecule has 0 unspecified atom stereocenters. The van der Waals surface area contributed by atoms with E-state index in [-0.39, 0.29) is 11.8 Å². The van der Waals surface area contributed by atoms with Crippen molar-refractivity contribution in [2.45, 2.75) is 40.0 Å². The van der Waals surface area contributed by atoms with Gasteiger partial charge in [0.25, 0.3) is 0 Å². The zero-order valence-electron chi connectivity index (χ0n) is 17.0. The van der Waals surface area contributed by atoms with Gasteiger partial charge in [-0.3, -0.25) is 9.59 Å². The van der Waals surface area contributed by atoms with Crippen molar-refractivity contribution in [3.05, 3.63) is 41.9 Å². The first-order valence-electron chi connectivity index (χ1n) is 9.99. The van der Waals surface area contributed by atoms with Crippen molar-refractivity contribution >= 4 is 11.8 Å². The second-order valence-electron chi connectivity index (χ2n) is 7.84. The molecule has 1 saturated heterocycles. The molecule has 2 amide bonds. The molecule has 1 aliphatic rings. The third kappa shape index (κ3) is 5.21. The molecule has 0 aliphatic carbocycles. The second kappa shape index (κ2) is 9.04. The topological polar surface area (TPSA) is 66.7 Å². The molecule has 1 aromatic carbocycles. The lowest BCUT2D eigenvalue weighted by atomic mass is 10.1. The Balaban J connectivity index is 1.46. The van der Waals surface area contributed by atoms with Crippen LogP contribution in [0.3, 0.4) is 0 Å². The molecule has 1 aliphatic heterocycles. The fraction of sp³-hybridized carbons (Fsp3) is 0.500. The number of rotatable bonds is 6. The molecular weight excluding hydrogens is 354 g/mol. The lowest BCUT2D eigenvalue weighted by Crippen LogP contribution is -2.50. The van der Waals surface area contributed by atoms with Crippen molar-refractivity contribution in [1.29, 1.82) is 0 Å². The van der Waals surface area contributed by atoms with Crippen LogP contribution in [0.4, 0.5) is 0 Å². The van der Waals surface area contributed by atoms with Crippen LogP contribution >= 0.6 is 0 Å². The Bertz CT molecular complexity index is 803. The Labute approximate surface area is 166 Å². The normalized spacial score (nSPS) is 14.6. The van der Waals surface area contributed by atoms with E-state index in [1.54, 1.807) is 6.20 Å². The maximum absolute atomic E-state index is 12.5. The highest BCUT2D eigenvalue weighted by atomic mass is 16.4. The van der Waals surface area contributed by atoms with Crippen LogP contribution in [0.2, 0.25) is 0 Å². The minimum atomic E-state index is 0.0889. The number of nitrogens with zero attached hydrogens (tertiary/aromatic N) is 3. The van der Waals surface area contributed by atoms with Crippen LogP contribution in [0, 0.1) is 12.8 Å². The van der Waals surface area contributed by atoms with Crippen molar-refractivity contribution in [3.63, 3.8) is 0 Å². The number of piperazine rings is 1. The largest absolute Gasteiger partial charge is 0.441 e. The van der Waals surface area contributed by atoms with Crippen LogP contribution in [0.25, 0.3) is 11.3 Å². The fourth-order valence-electron chi connectivity index (χ4n) is 3.33. The summed E-state index contributed by atoms with van der Waals surface area (Å²) in [7, 11) is 0. The number of oxazole rings is 1. The van der Waals surface area contributed by atoms with E-state index in [0.717, 1.165) is 11.3 Å². The van der Waals surface area contributed by atoms with Crippen LogP contribution in [-0.4, -0.2) is 52.8 Å². The molecule has 1 aromatic heterocycles. The van der Waals surface area contributed by atoms with Gasteiger partial charge in [-0.05, 0) is 12.8 Å². The standard InChI is InChI=1S/C22H29N3O3/c1-16(2)14-22(27)25-12-10-24(11-13-25)21(26)9-8-20-23-15-19(28-20)18-6-4-17(3)5-7-18/h4-7,15-16H,8-14H2,1-3H3. The molecule has 3 rings (SSSR count). The molecule has 0 spiro atoms. The number of aryl methyl sites for hydroxylation is 2. The first-order valence-corrected chi connectivity index (χ1v) is 9.99. The zero-order valence-corrected chi connectivity index (χ0v) is 17.0. The van der Waals surface area contributed by atoms with Crippen molar-refractivity contribution in [3.8, 4) is 11.3 Å². The summed E-state index contributed by atoms with van der Waals surface area (Å²) in [5.74, 6) is 1.93. The van der Waals surface area contributed by atoms with E-state index in [4.69, 9.17) is 4.42 Å². The van der Waals surface area contributed by atoms with Gasteiger partial charge >= 0.3 is 0 Å². The predicted molar refractivity (Wildman–Crippen MR) is 108 cm³/mol. The number of carbonyl (C=O) groups is 2. The van der Waals surface area contributed by atoms with Crippen molar-refractivity contribution in [2.75, 3.05) is 26.2 Å². The highest BCUT2D eigenvalue weighted by Gasteiger charge is 2.24. The summed E-state index contributed by atoms with van der Waals surface area (Å²) in [6.45, 7) is 8.57. The minimum absolute atomic E-state index is 0.0889. The van der Waals surface area contributed by atoms with Gasteiger partial charge in [-0.15, -0.1) is 0 Å². The van der Waals surface area contributed by atoms with E-state index >= 15 is 0 Å². The van der Waals surface area contributed by atoms with E-state index in [0.29, 0.717) is 57.3 Å². The smallest absolute Gasteiger partial charge is 0.223 e. The second-order valence-corrected chi connectivity index (χ2v) is 7.84. The van der Waals surface area contributed by atoms with Gasteiger partial charge in [0.2, 0.25) is 11.8 Å². The van der Waals surface area contributed by atoms with Crippen molar-refractivity contribution in [1.82, 2.24) is 14.8 Å². The molecule has 1 fully saturated rings. The molecule has 0 saturated carbocycles. The lowest BCUT2D eigenvalue weighted by Gasteiger charge is -2.35. The fourth-order valence-corrected chi connectivity index (χ4v) is 3.33. The summed E-state index contributed by atoms with van der Waals surface area (Å²) in [6, 6.07) is 8.08. The number of hydrogen-bond acceptors (Lipinski definition) is 4. The molecule has 28 heavy (non-hydrogen) atoms. The van der Waals surface area contributed by atoms with Crippen molar-refractivity contribution < 1.29 is 14.0 Å². The summed E-state index contributed by atoms with van der Waals surface area (Å²) >= 11 is 0. The molecule has 2 heterocycles. The maximum Gasteiger partial charge on any atom is 0.223 e. The zero-order chi connectivity index (χ0) is 20.1. The Morgan fingerprint density at radius 3 is 2.25 bits per heavy atom. The SMILES string of the molecule is Cc1ccc(-c2cnc(CCC(=O)N3CCN(C(=O)CC(C)C)CC3)o2)cc1. The van der Waals surface area contributed by atoms with Crippen LogP contribution in [0.15, 0.2) is 34.9 Å². The number of carbonyl (C=O) groups excluding carboxylic acids is 2. The third-order valence-corrected chi connectivity index (χ3v) is 5.01. The maximum atomic E-state index is 12.5. The average Bonchev–Trinajstić information content (AvgIpc) is 3.15. The van der Waals surface area contributed by atoms with E-state index in [9.17, 15) is 9.59 Å². The summed E-state index contributed by atoms with van der Waals surface area (Å²) in [4.78, 5) is 32.6. The molecule has 0 bridgehead atoms. The summed E-state index contributed by atoms with van der Waals surface area (Å²) in [5, 5.41) is 0.